The van der Waals surface area contributed by atoms with Crippen LogP contribution in [0.1, 0.15) is 12.5 Å². The maximum absolute atomic E-state index is 12.6. The number of ketones is 1. The molecule has 1 N–H and O–H groups in total. The number of hydrogen-bond donors (Lipinski definition) is 1. The van der Waals surface area contributed by atoms with Gasteiger partial charge in [-0.25, -0.2) is 4.90 Å². The Morgan fingerprint density at radius 1 is 0.966 bits per heavy atom. The van der Waals surface area contributed by atoms with Crippen LogP contribution in [0.3, 0.4) is 0 Å². The van der Waals surface area contributed by atoms with E-state index in [9.17, 15) is 14.4 Å². The summed E-state index contributed by atoms with van der Waals surface area (Å²) in [5.74, 6) is -1.65. The molecular weight excluding hydrogens is 388 g/mol. The fraction of sp³-hybridized carbons (Fsp3) is 0.261. The van der Waals surface area contributed by atoms with E-state index in [4.69, 9.17) is 11.6 Å². The minimum atomic E-state index is -0.574. The number of imide groups is 1. The lowest BCUT2D eigenvalue weighted by Crippen LogP contribution is -2.46. The van der Waals surface area contributed by atoms with Crippen LogP contribution in [0.5, 0.6) is 0 Å². The summed E-state index contributed by atoms with van der Waals surface area (Å²) in [5, 5.41) is 3.90. The second kappa shape index (κ2) is 7.93. The number of amides is 2. The first kappa shape index (κ1) is 19.6. The van der Waals surface area contributed by atoms with Crippen molar-refractivity contribution in [3.63, 3.8) is 0 Å². The first-order chi connectivity index (χ1) is 14.0. The molecule has 2 amide bonds. The zero-order chi connectivity index (χ0) is 20.5. The van der Waals surface area contributed by atoms with E-state index in [1.807, 2.05) is 24.3 Å². The number of hydrogen-bond acceptors (Lipinski definition) is 4. The molecule has 2 saturated heterocycles. The van der Waals surface area contributed by atoms with Gasteiger partial charge in [0.05, 0.1) is 23.6 Å². The van der Waals surface area contributed by atoms with Crippen LogP contribution in [0, 0.1) is 11.8 Å². The van der Waals surface area contributed by atoms with Gasteiger partial charge in [0.2, 0.25) is 11.8 Å². The van der Waals surface area contributed by atoms with Crippen molar-refractivity contribution in [1.82, 2.24) is 5.32 Å². The Kier molecular flexibility index (Phi) is 5.35. The predicted octanol–water partition coefficient (Wildman–Crippen LogP) is 3.17. The highest BCUT2D eigenvalue weighted by molar-refractivity contribution is 6.30. The number of carbonyl (C=O) groups is 3. The zero-order valence-electron chi connectivity index (χ0n) is 15.9. The van der Waals surface area contributed by atoms with Gasteiger partial charge in [-0.3, -0.25) is 19.7 Å². The van der Waals surface area contributed by atoms with Crippen LogP contribution in [-0.2, 0) is 20.8 Å². The molecule has 4 atom stereocenters. The Balaban J connectivity index is 0.000000192. The Bertz CT molecular complexity index is 989. The minimum Gasteiger partial charge on any atom is -0.299 e. The number of halogens is 1. The van der Waals surface area contributed by atoms with Crippen LogP contribution in [0.25, 0.3) is 0 Å². The van der Waals surface area contributed by atoms with E-state index in [0.29, 0.717) is 5.69 Å². The maximum Gasteiger partial charge on any atom is 0.239 e. The van der Waals surface area contributed by atoms with Crippen molar-refractivity contribution in [3.05, 3.63) is 77.3 Å². The summed E-state index contributed by atoms with van der Waals surface area (Å²) in [7, 11) is 0. The molecule has 0 radical (unpaired) electrons. The molecule has 5 rings (SSSR count). The van der Waals surface area contributed by atoms with E-state index in [0.717, 1.165) is 11.4 Å². The number of benzene rings is 2. The van der Waals surface area contributed by atoms with E-state index in [1.54, 1.807) is 30.3 Å². The molecule has 2 aromatic carbocycles. The third-order valence-corrected chi connectivity index (χ3v) is 5.84. The van der Waals surface area contributed by atoms with E-state index < -0.39 is 17.9 Å². The number of aryl methyl sites for hydroxylation is 1. The molecule has 0 spiro atoms. The molecule has 29 heavy (non-hydrogen) atoms. The Morgan fingerprint density at radius 2 is 1.69 bits per heavy atom. The second-order valence-corrected chi connectivity index (χ2v) is 7.75. The molecule has 2 fully saturated rings. The van der Waals surface area contributed by atoms with Gasteiger partial charge in [0.1, 0.15) is 0 Å². The van der Waals surface area contributed by atoms with Crippen molar-refractivity contribution in [2.45, 2.75) is 25.4 Å². The fourth-order valence-electron chi connectivity index (χ4n) is 4.18. The largest absolute Gasteiger partial charge is 0.299 e. The third-order valence-electron chi connectivity index (χ3n) is 5.60. The van der Waals surface area contributed by atoms with E-state index in [-0.39, 0.29) is 23.6 Å². The van der Waals surface area contributed by atoms with Crippen LogP contribution in [-0.4, -0.2) is 29.7 Å². The van der Waals surface area contributed by atoms with Crippen LogP contribution < -0.4 is 10.2 Å². The van der Waals surface area contributed by atoms with E-state index >= 15 is 0 Å². The average molecular weight is 409 g/mol. The molecule has 2 bridgehead atoms. The molecule has 5 nitrogen and oxygen atoms in total. The predicted molar refractivity (Wildman–Crippen MR) is 112 cm³/mol. The molecule has 3 heterocycles. The molecule has 2 aromatic rings. The molecule has 0 aromatic heterocycles. The summed E-state index contributed by atoms with van der Waals surface area (Å²) in [6.45, 7) is 2.12. The lowest BCUT2D eigenvalue weighted by Gasteiger charge is -2.22. The summed E-state index contributed by atoms with van der Waals surface area (Å²) in [5.41, 5.74) is 1.87. The quantitative estimate of drug-likeness (QED) is 0.775. The summed E-state index contributed by atoms with van der Waals surface area (Å²) in [6, 6.07) is 16.0. The number of para-hydroxylation sites is 1. The number of nitrogens with one attached hydrogen (secondary N) is 1. The lowest BCUT2D eigenvalue weighted by atomic mass is 9.90. The van der Waals surface area contributed by atoms with E-state index in [2.05, 4.69) is 18.3 Å². The van der Waals surface area contributed by atoms with Crippen molar-refractivity contribution < 1.29 is 14.4 Å². The number of fused-ring (bicyclic) bond motifs is 5. The lowest BCUT2D eigenvalue weighted by molar-refractivity contribution is -0.126. The van der Waals surface area contributed by atoms with E-state index in [1.165, 1.54) is 16.5 Å². The summed E-state index contributed by atoms with van der Waals surface area (Å²) in [4.78, 5) is 38.2. The van der Waals surface area contributed by atoms with Gasteiger partial charge in [0.15, 0.2) is 5.78 Å². The van der Waals surface area contributed by atoms with Crippen LogP contribution >= 0.6 is 11.6 Å². The number of rotatable bonds is 2. The molecule has 0 saturated carbocycles. The smallest absolute Gasteiger partial charge is 0.239 e. The second-order valence-electron chi connectivity index (χ2n) is 7.31. The highest BCUT2D eigenvalue weighted by Crippen LogP contribution is 2.41. The number of anilines is 1. The first-order valence-electron chi connectivity index (χ1n) is 9.66. The van der Waals surface area contributed by atoms with Gasteiger partial charge >= 0.3 is 0 Å². The topological polar surface area (TPSA) is 66.5 Å². The summed E-state index contributed by atoms with van der Waals surface area (Å²) >= 11 is 5.72. The van der Waals surface area contributed by atoms with Gasteiger partial charge in [0, 0.05) is 11.1 Å². The van der Waals surface area contributed by atoms with Crippen molar-refractivity contribution >= 4 is 34.9 Å². The molecule has 0 aliphatic carbocycles. The average Bonchev–Trinajstić information content (AvgIpc) is 3.19. The van der Waals surface area contributed by atoms with Gasteiger partial charge in [-0.1, -0.05) is 54.9 Å². The van der Waals surface area contributed by atoms with Crippen LogP contribution in [0.4, 0.5) is 5.69 Å². The molecule has 148 valence electrons. The zero-order valence-corrected chi connectivity index (χ0v) is 16.7. The fourth-order valence-corrected chi connectivity index (χ4v) is 4.39. The Hall–Kier alpha value is -2.76. The van der Waals surface area contributed by atoms with Crippen LogP contribution in [0.15, 0.2) is 66.7 Å². The SMILES string of the molecule is CCc1cccc(Cl)c1.O=C1C=C[C@@H]2N[C@H]1[C@H]1C(=O)N(c3ccccc3)C(=O)[C@H]12. The maximum atomic E-state index is 12.6. The number of nitrogens with zero attached hydrogens (tertiary/aromatic N) is 1. The molecule has 3 aliphatic heterocycles. The van der Waals surface area contributed by atoms with Crippen LogP contribution in [0.2, 0.25) is 5.02 Å². The summed E-state index contributed by atoms with van der Waals surface area (Å²) < 4.78 is 0. The van der Waals surface area contributed by atoms with Crippen molar-refractivity contribution in [3.8, 4) is 0 Å². The minimum absolute atomic E-state index is 0.121. The Labute approximate surface area is 174 Å². The Morgan fingerprint density at radius 3 is 2.34 bits per heavy atom. The highest BCUT2D eigenvalue weighted by atomic mass is 35.5. The van der Waals surface area contributed by atoms with Gasteiger partial charge in [-0.2, -0.15) is 0 Å². The molecule has 0 unspecified atom stereocenters. The van der Waals surface area contributed by atoms with Crippen molar-refractivity contribution in [2.24, 2.45) is 11.8 Å². The molecular formula is C23H21ClN2O3. The normalized spacial score (nSPS) is 27.0. The first-order valence-corrected chi connectivity index (χ1v) is 10.0. The van der Waals surface area contributed by atoms with Gasteiger partial charge in [0.25, 0.3) is 0 Å². The summed E-state index contributed by atoms with van der Waals surface area (Å²) in [6.07, 6.45) is 4.24. The van der Waals surface area contributed by atoms with Gasteiger partial charge < -0.3 is 0 Å². The molecule has 6 heteroatoms. The monoisotopic (exact) mass is 408 g/mol. The molecule has 3 aliphatic rings. The van der Waals surface area contributed by atoms with Gasteiger partial charge in [-0.05, 0) is 42.3 Å². The third kappa shape index (κ3) is 3.52. The number of carbonyl (C=O) groups excluding carboxylic acids is 3. The van der Waals surface area contributed by atoms with Crippen molar-refractivity contribution in [1.29, 1.82) is 0 Å². The van der Waals surface area contributed by atoms with Gasteiger partial charge in [-0.15, -0.1) is 0 Å². The highest BCUT2D eigenvalue weighted by Gasteiger charge is 2.60. The standard InChI is InChI=1S/C15H12N2O3.C8H9Cl/c18-10-7-6-9-11-12(13(10)16-9)15(20)17(14(11)19)8-4-2-1-3-5-8;1-2-7-4-3-5-8(9)6-7/h1-7,9,11-13,16H;3-6H,2H2,1H3/t9-,11-,12-,13+;/m0./s1. The van der Waals surface area contributed by atoms with Crippen molar-refractivity contribution in [2.75, 3.05) is 4.90 Å².